The minimum atomic E-state index is 0.514. The van der Waals surface area contributed by atoms with Crippen LogP contribution in [0.4, 0.5) is 5.69 Å². The van der Waals surface area contributed by atoms with Crippen LogP contribution >= 0.6 is 11.6 Å². The number of anilines is 1. The Morgan fingerprint density at radius 2 is 2.11 bits per heavy atom. The second-order valence-corrected chi connectivity index (χ2v) is 5.93. The first-order valence-electron chi connectivity index (χ1n) is 6.81. The van der Waals surface area contributed by atoms with Gasteiger partial charge < -0.3 is 10.2 Å². The molecule has 0 amide bonds. The molecule has 0 unspecified atom stereocenters. The van der Waals surface area contributed by atoms with E-state index in [1.165, 1.54) is 24.1 Å². The molecule has 0 heterocycles. The molecule has 0 radical (unpaired) electrons. The zero-order chi connectivity index (χ0) is 13.1. The molecule has 0 aliphatic heterocycles. The van der Waals surface area contributed by atoms with E-state index in [-0.39, 0.29) is 0 Å². The Morgan fingerprint density at radius 1 is 1.39 bits per heavy atom. The highest BCUT2D eigenvalue weighted by molar-refractivity contribution is 6.30. The minimum absolute atomic E-state index is 0.514. The molecule has 1 aromatic carbocycles. The van der Waals surface area contributed by atoms with E-state index in [0.717, 1.165) is 24.0 Å². The van der Waals surface area contributed by atoms with Gasteiger partial charge in [-0.25, -0.2) is 0 Å². The van der Waals surface area contributed by atoms with Crippen LogP contribution in [-0.2, 0) is 6.54 Å². The number of rotatable bonds is 6. The molecule has 2 rings (SSSR count). The van der Waals surface area contributed by atoms with Crippen molar-refractivity contribution in [2.45, 2.75) is 39.3 Å². The molecule has 1 aromatic rings. The van der Waals surface area contributed by atoms with Gasteiger partial charge in [0.1, 0.15) is 0 Å². The molecule has 1 N–H and O–H groups in total. The van der Waals surface area contributed by atoms with Crippen LogP contribution in [0.15, 0.2) is 18.2 Å². The number of hydrogen-bond acceptors (Lipinski definition) is 2. The summed E-state index contributed by atoms with van der Waals surface area (Å²) in [5.41, 5.74) is 2.62. The van der Waals surface area contributed by atoms with E-state index in [4.69, 9.17) is 11.6 Å². The zero-order valence-corrected chi connectivity index (χ0v) is 12.3. The number of nitrogens with one attached hydrogen (secondary N) is 1. The van der Waals surface area contributed by atoms with Gasteiger partial charge in [0, 0.05) is 29.8 Å². The van der Waals surface area contributed by atoms with Gasteiger partial charge in [-0.3, -0.25) is 0 Å². The Kier molecular flexibility index (Phi) is 4.52. The van der Waals surface area contributed by atoms with Crippen molar-refractivity contribution in [2.75, 3.05) is 18.5 Å². The van der Waals surface area contributed by atoms with Gasteiger partial charge in [0.2, 0.25) is 0 Å². The maximum Gasteiger partial charge on any atom is 0.0429 e. The molecule has 3 heteroatoms. The van der Waals surface area contributed by atoms with E-state index in [9.17, 15) is 0 Å². The Bertz CT molecular complexity index is 399. The van der Waals surface area contributed by atoms with Crippen molar-refractivity contribution in [2.24, 2.45) is 5.92 Å². The van der Waals surface area contributed by atoms with Crippen LogP contribution in [0, 0.1) is 5.92 Å². The lowest BCUT2D eigenvalue weighted by molar-refractivity contribution is 0.639. The van der Waals surface area contributed by atoms with Crippen LogP contribution in [0.1, 0.15) is 32.3 Å². The normalized spacial score (nSPS) is 15.2. The summed E-state index contributed by atoms with van der Waals surface area (Å²) in [6, 6.07) is 6.74. The summed E-state index contributed by atoms with van der Waals surface area (Å²) < 4.78 is 0. The quantitative estimate of drug-likeness (QED) is 0.845. The van der Waals surface area contributed by atoms with E-state index in [2.05, 4.69) is 36.2 Å². The Balaban J connectivity index is 2.27. The third-order valence-corrected chi connectivity index (χ3v) is 3.73. The summed E-state index contributed by atoms with van der Waals surface area (Å²) in [7, 11) is 1.99. The van der Waals surface area contributed by atoms with Gasteiger partial charge in [-0.15, -0.1) is 0 Å². The Morgan fingerprint density at radius 3 is 2.67 bits per heavy atom. The zero-order valence-electron chi connectivity index (χ0n) is 11.5. The van der Waals surface area contributed by atoms with E-state index in [1.807, 2.05) is 13.1 Å². The Hall–Kier alpha value is -0.730. The largest absolute Gasteiger partial charge is 0.369 e. The van der Waals surface area contributed by atoms with Crippen LogP contribution in [0.3, 0.4) is 0 Å². The monoisotopic (exact) mass is 266 g/mol. The molecule has 0 spiro atoms. The summed E-state index contributed by atoms with van der Waals surface area (Å²) in [5.74, 6) is 0.883. The SMILES string of the molecule is CNCc1ccc(Cl)cc1N(CC1CC1)C(C)C. The topological polar surface area (TPSA) is 15.3 Å². The first-order chi connectivity index (χ1) is 8.61. The number of halogens is 1. The van der Waals surface area contributed by atoms with Crippen LogP contribution in [-0.4, -0.2) is 19.6 Å². The molecule has 100 valence electrons. The van der Waals surface area contributed by atoms with Gasteiger partial charge in [-0.1, -0.05) is 17.7 Å². The molecule has 0 saturated heterocycles. The summed E-state index contributed by atoms with van der Waals surface area (Å²) in [6.45, 7) is 6.56. The molecule has 18 heavy (non-hydrogen) atoms. The van der Waals surface area contributed by atoms with Crippen LogP contribution in [0.25, 0.3) is 0 Å². The van der Waals surface area contributed by atoms with Crippen molar-refractivity contribution in [1.82, 2.24) is 5.32 Å². The van der Waals surface area contributed by atoms with Gasteiger partial charge >= 0.3 is 0 Å². The molecule has 0 atom stereocenters. The average Bonchev–Trinajstić information content (AvgIpc) is 3.12. The van der Waals surface area contributed by atoms with Crippen molar-refractivity contribution in [3.05, 3.63) is 28.8 Å². The number of hydrogen-bond donors (Lipinski definition) is 1. The van der Waals surface area contributed by atoms with E-state index < -0.39 is 0 Å². The van der Waals surface area contributed by atoms with E-state index in [0.29, 0.717) is 6.04 Å². The highest BCUT2D eigenvalue weighted by Gasteiger charge is 2.26. The molecule has 2 nitrogen and oxygen atoms in total. The lowest BCUT2D eigenvalue weighted by atomic mass is 10.1. The van der Waals surface area contributed by atoms with Crippen LogP contribution < -0.4 is 10.2 Å². The molecule has 1 aliphatic rings. The molecule has 1 fully saturated rings. The van der Waals surface area contributed by atoms with E-state index >= 15 is 0 Å². The van der Waals surface area contributed by atoms with Gasteiger partial charge in [0.15, 0.2) is 0 Å². The molecular formula is C15H23ClN2. The lowest BCUT2D eigenvalue weighted by Gasteiger charge is -2.31. The van der Waals surface area contributed by atoms with Gasteiger partial charge in [0.05, 0.1) is 0 Å². The first kappa shape index (κ1) is 13.7. The number of benzene rings is 1. The van der Waals surface area contributed by atoms with Crippen molar-refractivity contribution in [1.29, 1.82) is 0 Å². The number of nitrogens with zero attached hydrogens (tertiary/aromatic N) is 1. The highest BCUT2D eigenvalue weighted by Crippen LogP contribution is 2.34. The van der Waals surface area contributed by atoms with Gasteiger partial charge in [0.25, 0.3) is 0 Å². The minimum Gasteiger partial charge on any atom is -0.369 e. The third kappa shape index (κ3) is 3.39. The van der Waals surface area contributed by atoms with Gasteiger partial charge in [-0.2, -0.15) is 0 Å². The van der Waals surface area contributed by atoms with E-state index in [1.54, 1.807) is 0 Å². The van der Waals surface area contributed by atoms with Crippen molar-refractivity contribution < 1.29 is 0 Å². The summed E-state index contributed by atoms with van der Waals surface area (Å²) in [6.07, 6.45) is 2.76. The first-order valence-corrected chi connectivity index (χ1v) is 7.19. The fourth-order valence-electron chi connectivity index (χ4n) is 2.31. The molecule has 1 saturated carbocycles. The molecule has 0 aromatic heterocycles. The fraction of sp³-hybridized carbons (Fsp3) is 0.600. The molecule has 1 aliphatic carbocycles. The summed E-state index contributed by atoms with van der Waals surface area (Å²) in [5, 5.41) is 4.06. The fourth-order valence-corrected chi connectivity index (χ4v) is 2.48. The maximum absolute atomic E-state index is 6.17. The van der Waals surface area contributed by atoms with Crippen molar-refractivity contribution in [3.63, 3.8) is 0 Å². The smallest absolute Gasteiger partial charge is 0.0429 e. The average molecular weight is 267 g/mol. The standard InChI is InChI=1S/C15H23ClN2/c1-11(2)18(10-12-4-5-12)15-8-14(16)7-6-13(15)9-17-3/h6-8,11-12,17H,4-5,9-10H2,1-3H3. The van der Waals surface area contributed by atoms with Crippen LogP contribution in [0.5, 0.6) is 0 Å². The lowest BCUT2D eigenvalue weighted by Crippen LogP contribution is -2.33. The van der Waals surface area contributed by atoms with Crippen LogP contribution in [0.2, 0.25) is 5.02 Å². The molecular weight excluding hydrogens is 244 g/mol. The van der Waals surface area contributed by atoms with Crippen molar-refractivity contribution in [3.8, 4) is 0 Å². The predicted molar refractivity (Wildman–Crippen MR) is 79.4 cm³/mol. The third-order valence-electron chi connectivity index (χ3n) is 3.50. The predicted octanol–water partition coefficient (Wildman–Crippen LogP) is 3.68. The highest BCUT2D eigenvalue weighted by atomic mass is 35.5. The second kappa shape index (κ2) is 5.94. The second-order valence-electron chi connectivity index (χ2n) is 5.49. The maximum atomic E-state index is 6.17. The Labute approximate surface area is 115 Å². The van der Waals surface area contributed by atoms with Gasteiger partial charge in [-0.05, 0) is 57.4 Å². The van der Waals surface area contributed by atoms with Crippen molar-refractivity contribution >= 4 is 17.3 Å². The molecule has 0 bridgehead atoms. The summed E-state index contributed by atoms with van der Waals surface area (Å²) >= 11 is 6.17. The summed E-state index contributed by atoms with van der Waals surface area (Å²) in [4.78, 5) is 2.50.